The number of benzene rings is 2. The number of thiazole rings is 1. The Balaban J connectivity index is 1.50. The number of ether oxygens (including phenoxy) is 1. The van der Waals surface area contributed by atoms with E-state index >= 15 is 0 Å². The standard InChI is InChI=1S/C21H14ClFN2O2S/c22-16-5-6-19-15(10-16)9-14(7-8-27-19)20(26)25-21-24-12-17(28-21)11-13-3-1-2-4-18(13)23/h1-10,12H,11H2,(H,24,25,26). The van der Waals surface area contributed by atoms with Crippen LogP contribution in [0.5, 0.6) is 5.75 Å². The van der Waals surface area contributed by atoms with E-state index in [0.29, 0.717) is 39.0 Å². The number of halogens is 2. The topological polar surface area (TPSA) is 51.2 Å². The van der Waals surface area contributed by atoms with Gasteiger partial charge in [0.2, 0.25) is 0 Å². The lowest BCUT2D eigenvalue weighted by Gasteiger charge is -2.04. The monoisotopic (exact) mass is 412 g/mol. The first-order chi connectivity index (χ1) is 13.6. The summed E-state index contributed by atoms with van der Waals surface area (Å²) in [6, 6.07) is 11.8. The average Bonchev–Trinajstić information content (AvgIpc) is 2.99. The molecule has 1 amide bonds. The van der Waals surface area contributed by atoms with E-state index in [-0.39, 0.29) is 11.7 Å². The van der Waals surface area contributed by atoms with Crippen LogP contribution in [-0.4, -0.2) is 10.9 Å². The van der Waals surface area contributed by atoms with E-state index < -0.39 is 0 Å². The molecule has 1 N–H and O–H groups in total. The van der Waals surface area contributed by atoms with E-state index in [2.05, 4.69) is 10.3 Å². The van der Waals surface area contributed by atoms with Crippen LogP contribution in [0.1, 0.15) is 16.0 Å². The molecule has 1 aliphatic heterocycles. The van der Waals surface area contributed by atoms with Gasteiger partial charge in [-0.25, -0.2) is 9.37 Å². The van der Waals surface area contributed by atoms with Gasteiger partial charge in [-0.05, 0) is 42.0 Å². The van der Waals surface area contributed by atoms with Crippen molar-refractivity contribution < 1.29 is 13.9 Å². The smallest absolute Gasteiger partial charge is 0.257 e. The van der Waals surface area contributed by atoms with E-state index in [1.54, 1.807) is 54.7 Å². The van der Waals surface area contributed by atoms with Gasteiger partial charge < -0.3 is 4.74 Å². The van der Waals surface area contributed by atoms with Crippen LogP contribution < -0.4 is 10.1 Å². The first-order valence-electron chi connectivity index (χ1n) is 8.42. The van der Waals surface area contributed by atoms with Crippen LogP contribution in [0.2, 0.25) is 5.02 Å². The Hall–Kier alpha value is -2.96. The molecule has 0 bridgehead atoms. The predicted octanol–water partition coefficient (Wildman–Crippen LogP) is 5.45. The zero-order valence-electron chi connectivity index (χ0n) is 14.5. The summed E-state index contributed by atoms with van der Waals surface area (Å²) in [4.78, 5) is 17.7. The van der Waals surface area contributed by atoms with Gasteiger partial charge in [-0.1, -0.05) is 29.8 Å². The number of hydrogen-bond acceptors (Lipinski definition) is 4. The molecule has 0 radical (unpaired) electrons. The van der Waals surface area contributed by atoms with E-state index in [1.807, 2.05) is 0 Å². The molecule has 0 unspecified atom stereocenters. The summed E-state index contributed by atoms with van der Waals surface area (Å²) < 4.78 is 19.3. The number of anilines is 1. The Morgan fingerprint density at radius 1 is 1.25 bits per heavy atom. The largest absolute Gasteiger partial charge is 0.464 e. The molecule has 4 rings (SSSR count). The van der Waals surface area contributed by atoms with Crippen LogP contribution in [-0.2, 0) is 11.2 Å². The maximum atomic E-state index is 13.8. The quantitative estimate of drug-likeness (QED) is 0.619. The van der Waals surface area contributed by atoms with E-state index in [1.165, 1.54) is 23.7 Å². The Morgan fingerprint density at radius 2 is 2.11 bits per heavy atom. The molecule has 0 saturated carbocycles. The zero-order valence-corrected chi connectivity index (χ0v) is 16.1. The average molecular weight is 413 g/mol. The van der Waals surface area contributed by atoms with Crippen molar-refractivity contribution in [3.05, 3.63) is 93.4 Å². The van der Waals surface area contributed by atoms with Gasteiger partial charge >= 0.3 is 0 Å². The minimum absolute atomic E-state index is 0.257. The number of aromatic nitrogens is 1. The predicted molar refractivity (Wildman–Crippen MR) is 109 cm³/mol. The molecule has 140 valence electrons. The normalized spacial score (nSPS) is 12.6. The van der Waals surface area contributed by atoms with Crippen molar-refractivity contribution in [1.29, 1.82) is 0 Å². The second-order valence-corrected chi connectivity index (χ2v) is 7.61. The third kappa shape index (κ3) is 4.13. The minimum Gasteiger partial charge on any atom is -0.464 e. The van der Waals surface area contributed by atoms with Crippen LogP contribution in [0.4, 0.5) is 9.52 Å². The van der Waals surface area contributed by atoms with Crippen molar-refractivity contribution in [2.75, 3.05) is 5.32 Å². The molecule has 28 heavy (non-hydrogen) atoms. The van der Waals surface area contributed by atoms with Gasteiger partial charge in [0.25, 0.3) is 5.91 Å². The van der Waals surface area contributed by atoms with E-state index in [0.717, 1.165) is 4.88 Å². The molecule has 2 heterocycles. The first kappa shape index (κ1) is 18.4. The zero-order chi connectivity index (χ0) is 19.5. The second kappa shape index (κ2) is 7.96. The Labute approximate surface area is 170 Å². The van der Waals surface area contributed by atoms with Crippen LogP contribution in [0.3, 0.4) is 0 Å². The van der Waals surface area contributed by atoms with Crippen molar-refractivity contribution in [3.63, 3.8) is 0 Å². The molecule has 4 nitrogen and oxygen atoms in total. The van der Waals surface area contributed by atoms with Gasteiger partial charge in [0.05, 0.1) is 6.26 Å². The number of hydrogen-bond donors (Lipinski definition) is 1. The Kier molecular flexibility index (Phi) is 5.23. The highest BCUT2D eigenvalue weighted by Crippen LogP contribution is 2.28. The van der Waals surface area contributed by atoms with E-state index in [4.69, 9.17) is 16.3 Å². The second-order valence-electron chi connectivity index (χ2n) is 6.06. The molecule has 0 saturated heterocycles. The number of rotatable bonds is 4. The van der Waals surface area contributed by atoms with E-state index in [9.17, 15) is 9.18 Å². The van der Waals surface area contributed by atoms with Crippen molar-refractivity contribution in [3.8, 4) is 5.75 Å². The molecule has 2 aromatic carbocycles. The molecule has 1 aromatic heterocycles. The highest BCUT2D eigenvalue weighted by Gasteiger charge is 2.14. The lowest BCUT2D eigenvalue weighted by molar-refractivity contribution is -0.112. The van der Waals surface area contributed by atoms with Crippen molar-refractivity contribution in [2.45, 2.75) is 6.42 Å². The number of fused-ring (bicyclic) bond motifs is 1. The molecule has 0 spiro atoms. The summed E-state index contributed by atoms with van der Waals surface area (Å²) in [5, 5.41) is 3.77. The van der Waals surface area contributed by atoms with Crippen molar-refractivity contribution in [2.24, 2.45) is 0 Å². The van der Waals surface area contributed by atoms with Crippen LogP contribution in [0.25, 0.3) is 6.08 Å². The Bertz CT molecular complexity index is 1110. The maximum Gasteiger partial charge on any atom is 0.257 e. The fourth-order valence-electron chi connectivity index (χ4n) is 2.72. The first-order valence-corrected chi connectivity index (χ1v) is 9.62. The van der Waals surface area contributed by atoms with Gasteiger partial charge in [-0.15, -0.1) is 11.3 Å². The summed E-state index contributed by atoms with van der Waals surface area (Å²) in [6.45, 7) is 0. The highest BCUT2D eigenvalue weighted by molar-refractivity contribution is 7.15. The number of nitrogens with zero attached hydrogens (tertiary/aromatic N) is 1. The third-order valence-corrected chi connectivity index (χ3v) is 5.23. The highest BCUT2D eigenvalue weighted by atomic mass is 35.5. The van der Waals surface area contributed by atoms with Crippen molar-refractivity contribution >= 4 is 40.1 Å². The van der Waals surface area contributed by atoms with Gasteiger partial charge in [0.15, 0.2) is 5.13 Å². The molecule has 3 aromatic rings. The van der Waals surface area contributed by atoms with Gasteiger partial charge in [-0.3, -0.25) is 10.1 Å². The summed E-state index contributed by atoms with van der Waals surface area (Å²) in [6.07, 6.45) is 6.80. The fourth-order valence-corrected chi connectivity index (χ4v) is 3.73. The summed E-state index contributed by atoms with van der Waals surface area (Å²) in [5.74, 6) is 0.0388. The summed E-state index contributed by atoms with van der Waals surface area (Å²) >= 11 is 7.34. The lowest BCUT2D eigenvalue weighted by atomic mass is 10.1. The molecule has 7 heteroatoms. The third-order valence-electron chi connectivity index (χ3n) is 4.08. The summed E-state index contributed by atoms with van der Waals surface area (Å²) in [7, 11) is 0. The minimum atomic E-state index is -0.320. The number of carbonyl (C=O) groups is 1. The number of amides is 1. The maximum absolute atomic E-state index is 13.8. The summed E-state index contributed by atoms with van der Waals surface area (Å²) in [5.41, 5.74) is 1.71. The molecule has 0 fully saturated rings. The molecular weight excluding hydrogens is 399 g/mol. The molecule has 0 aliphatic carbocycles. The van der Waals surface area contributed by atoms with Crippen LogP contribution >= 0.6 is 22.9 Å². The fraction of sp³-hybridized carbons (Fsp3) is 0.0476. The van der Waals surface area contributed by atoms with Gasteiger partial charge in [-0.2, -0.15) is 0 Å². The molecular formula is C21H14ClFN2O2S. The molecule has 1 aliphatic rings. The van der Waals surface area contributed by atoms with Gasteiger partial charge in [0, 0.05) is 33.7 Å². The SMILES string of the molecule is O=C(Nc1ncc(Cc2ccccc2F)s1)C1=Cc2cc(Cl)ccc2OC=C1. The van der Waals surface area contributed by atoms with Crippen LogP contribution in [0.15, 0.2) is 66.6 Å². The number of carbonyl (C=O) groups excluding carboxylic acids is 1. The number of nitrogens with one attached hydrogen (secondary N) is 1. The van der Waals surface area contributed by atoms with Crippen molar-refractivity contribution in [1.82, 2.24) is 4.98 Å². The Morgan fingerprint density at radius 3 is 2.96 bits per heavy atom. The lowest BCUT2D eigenvalue weighted by Crippen LogP contribution is -2.12. The van der Waals surface area contributed by atoms with Crippen LogP contribution in [0, 0.1) is 5.82 Å². The van der Waals surface area contributed by atoms with Gasteiger partial charge in [0.1, 0.15) is 11.6 Å². The molecule has 0 atom stereocenters.